The average molecular weight is 912 g/mol. The number of methoxy groups -OCH3 is 2. The fourth-order valence-corrected chi connectivity index (χ4v) is 10.3. The number of hydrogen-bond donors (Lipinski definition) is 6. The Balaban J connectivity index is 1.86. The van der Waals surface area contributed by atoms with Crippen LogP contribution in [0.3, 0.4) is 0 Å². The molecule has 16 heteroatoms. The van der Waals surface area contributed by atoms with Crippen LogP contribution >= 0.6 is 0 Å². The number of likely N-dealkylation sites (N-methyl/N-ethyl adjacent to an activating group) is 2. The number of hydrogen-bond acceptors (Lipinski definition) is 16. The largest absolute Gasteiger partial charge is 0.497 e. The molecule has 1 aromatic rings. The highest BCUT2D eigenvalue weighted by Gasteiger charge is 2.58. The van der Waals surface area contributed by atoms with Gasteiger partial charge in [-0.25, -0.2) is 0 Å². The van der Waals surface area contributed by atoms with Gasteiger partial charge in [-0.05, 0) is 125 Å². The third kappa shape index (κ3) is 12.3. The first-order valence-electron chi connectivity index (χ1n) is 23.5. The van der Waals surface area contributed by atoms with E-state index in [1.807, 2.05) is 84.8 Å². The molecule has 3 aliphatic rings. The van der Waals surface area contributed by atoms with Gasteiger partial charge in [0, 0.05) is 38.6 Å². The van der Waals surface area contributed by atoms with Crippen LogP contribution in [0.25, 0.3) is 0 Å². The van der Waals surface area contributed by atoms with E-state index < -0.39 is 95.5 Å². The molecule has 3 saturated heterocycles. The lowest BCUT2D eigenvalue weighted by Crippen LogP contribution is -2.70. The number of cyclic esters (lactones) is 1. The lowest BCUT2D eigenvalue weighted by Gasteiger charge is -2.53. The molecule has 6 N–H and O–H groups in total. The van der Waals surface area contributed by atoms with Crippen LogP contribution in [-0.2, 0) is 33.2 Å². The van der Waals surface area contributed by atoms with Crippen molar-refractivity contribution in [2.24, 2.45) is 17.8 Å². The zero-order chi connectivity index (χ0) is 47.9. The minimum absolute atomic E-state index is 0.0929. The molecular weight excluding hydrogens is 827 g/mol. The van der Waals surface area contributed by atoms with E-state index in [2.05, 4.69) is 10.6 Å². The highest BCUT2D eigenvalue weighted by atomic mass is 16.7. The number of aliphatic hydroxyl groups is 4. The number of esters is 1. The Morgan fingerprint density at radius 2 is 1.55 bits per heavy atom. The summed E-state index contributed by atoms with van der Waals surface area (Å²) in [5.41, 5.74) is -5.99. The minimum Gasteiger partial charge on any atom is -0.497 e. The predicted molar refractivity (Wildman–Crippen MR) is 243 cm³/mol. The highest BCUT2D eigenvalue weighted by molar-refractivity contribution is 5.73. The van der Waals surface area contributed by atoms with Gasteiger partial charge in [0.1, 0.15) is 40.5 Å². The Morgan fingerprint density at radius 1 is 0.906 bits per heavy atom. The third-order valence-corrected chi connectivity index (χ3v) is 14.5. The minimum atomic E-state index is -1.82. The van der Waals surface area contributed by atoms with Crippen LogP contribution in [0.5, 0.6) is 11.5 Å². The van der Waals surface area contributed by atoms with Crippen molar-refractivity contribution in [1.82, 2.24) is 15.5 Å². The van der Waals surface area contributed by atoms with Crippen molar-refractivity contribution in [1.29, 1.82) is 0 Å². The van der Waals surface area contributed by atoms with Crippen molar-refractivity contribution < 1.29 is 63.1 Å². The molecule has 16 nitrogen and oxygen atoms in total. The van der Waals surface area contributed by atoms with Crippen molar-refractivity contribution in [2.75, 3.05) is 47.9 Å². The van der Waals surface area contributed by atoms with E-state index in [0.717, 1.165) is 6.42 Å². The number of nitrogens with zero attached hydrogens (tertiary/aromatic N) is 1. The molecule has 64 heavy (non-hydrogen) atoms. The van der Waals surface area contributed by atoms with Gasteiger partial charge in [-0.15, -0.1) is 0 Å². The second-order valence-electron chi connectivity index (χ2n) is 19.8. The van der Waals surface area contributed by atoms with Gasteiger partial charge in [0.15, 0.2) is 18.7 Å². The van der Waals surface area contributed by atoms with Gasteiger partial charge in [-0.1, -0.05) is 27.7 Å². The van der Waals surface area contributed by atoms with E-state index in [1.54, 1.807) is 41.9 Å². The van der Waals surface area contributed by atoms with Crippen molar-refractivity contribution in [3.63, 3.8) is 0 Å². The zero-order valence-electron chi connectivity index (χ0n) is 41.5. The van der Waals surface area contributed by atoms with Crippen molar-refractivity contribution in [3.05, 3.63) is 24.3 Å². The summed E-state index contributed by atoms with van der Waals surface area (Å²) in [5.74, 6) is -1.41. The summed E-state index contributed by atoms with van der Waals surface area (Å²) in [6.45, 7) is 21.4. The molecule has 3 aliphatic heterocycles. The van der Waals surface area contributed by atoms with Crippen molar-refractivity contribution in [3.8, 4) is 11.5 Å². The van der Waals surface area contributed by atoms with Crippen LogP contribution in [0.2, 0.25) is 0 Å². The smallest absolute Gasteiger partial charge is 0.311 e. The molecule has 0 aromatic heterocycles. The maximum Gasteiger partial charge on any atom is 0.311 e. The Morgan fingerprint density at radius 3 is 2.12 bits per heavy atom. The summed E-state index contributed by atoms with van der Waals surface area (Å²) in [6.07, 6.45) is -6.17. The molecule has 3 fully saturated rings. The van der Waals surface area contributed by atoms with E-state index in [4.69, 9.17) is 37.9 Å². The van der Waals surface area contributed by atoms with Crippen LogP contribution in [0.4, 0.5) is 0 Å². The number of ether oxygens (including phenoxy) is 8. The molecule has 0 amide bonds. The topological polar surface area (TPSA) is 199 Å². The SMILES string of the molecule is CCCNC[C@]1(O)[C@H](C)O[C@@H](O[C@H]2[C@H](C)[C@@H](O[C@@H]3O[C@H](C)C[C@H](NC)[C@H]3Oc3ccc(OC)cc3)[C@](C)(O)C[C@@H](C)CN(C)[C@H](C)[C@@H](O)[C@](C)(O)[C@@H](CC)OC(=O)[C@@H]2C)C[C@@]1(C)OC. The maximum absolute atomic E-state index is 14.6. The average Bonchev–Trinajstić information content (AvgIpc) is 3.24. The van der Waals surface area contributed by atoms with E-state index in [0.29, 0.717) is 31.0 Å². The lowest BCUT2D eigenvalue weighted by molar-refractivity contribution is -0.335. The second kappa shape index (κ2) is 22.7. The van der Waals surface area contributed by atoms with E-state index in [1.165, 1.54) is 6.92 Å². The molecule has 0 aliphatic carbocycles. The third-order valence-electron chi connectivity index (χ3n) is 14.5. The quantitative estimate of drug-likeness (QED) is 0.116. The van der Waals surface area contributed by atoms with Gasteiger partial charge >= 0.3 is 5.97 Å². The number of carbonyl (C=O) groups is 1. The maximum atomic E-state index is 14.6. The first kappa shape index (κ1) is 54.4. The van der Waals surface area contributed by atoms with Crippen LogP contribution < -0.4 is 20.1 Å². The number of rotatable bonds is 14. The molecule has 4 rings (SSSR count). The van der Waals surface area contributed by atoms with Gasteiger partial charge in [-0.3, -0.25) is 4.79 Å². The zero-order valence-corrected chi connectivity index (χ0v) is 41.5. The molecular formula is C48H85N3O13. The van der Waals surface area contributed by atoms with Gasteiger partial charge in [-0.2, -0.15) is 0 Å². The fraction of sp³-hybridized carbons (Fsp3) is 0.854. The number of carbonyl (C=O) groups excluding carboxylic acids is 1. The first-order valence-corrected chi connectivity index (χ1v) is 23.5. The van der Waals surface area contributed by atoms with Gasteiger partial charge in [0.2, 0.25) is 0 Å². The molecule has 1 aromatic carbocycles. The van der Waals surface area contributed by atoms with Crippen molar-refractivity contribution in [2.45, 2.75) is 198 Å². The van der Waals surface area contributed by atoms with Crippen LogP contribution in [0.1, 0.15) is 108 Å². The Hall–Kier alpha value is -2.19. The summed E-state index contributed by atoms with van der Waals surface area (Å²) < 4.78 is 51.5. The molecule has 370 valence electrons. The molecule has 3 heterocycles. The normalized spacial score (nSPS) is 43.5. The molecule has 0 radical (unpaired) electrons. The molecule has 0 unspecified atom stereocenters. The van der Waals surface area contributed by atoms with E-state index in [9.17, 15) is 25.2 Å². The number of nitrogens with one attached hydrogen (secondary N) is 2. The monoisotopic (exact) mass is 912 g/mol. The summed E-state index contributed by atoms with van der Waals surface area (Å²) in [5, 5.41) is 55.4. The fourth-order valence-electron chi connectivity index (χ4n) is 10.3. The summed E-state index contributed by atoms with van der Waals surface area (Å²) in [6, 6.07) is 6.49. The number of benzene rings is 1. The lowest BCUT2D eigenvalue weighted by atomic mass is 9.75. The number of aliphatic hydroxyl groups excluding tert-OH is 1. The Labute approximate surface area is 383 Å². The Bertz CT molecular complexity index is 1590. The second-order valence-corrected chi connectivity index (χ2v) is 19.8. The van der Waals surface area contributed by atoms with Crippen molar-refractivity contribution >= 4 is 5.97 Å². The molecule has 0 saturated carbocycles. The molecule has 0 spiro atoms. The van der Waals surface area contributed by atoms with Gasteiger partial charge in [0.05, 0.1) is 49.1 Å². The van der Waals surface area contributed by atoms with Gasteiger partial charge < -0.3 is 73.9 Å². The summed E-state index contributed by atoms with van der Waals surface area (Å²) in [7, 11) is 6.87. The molecule has 0 bridgehead atoms. The van der Waals surface area contributed by atoms with Crippen LogP contribution in [0.15, 0.2) is 24.3 Å². The van der Waals surface area contributed by atoms with E-state index >= 15 is 0 Å². The molecule has 18 atom stereocenters. The van der Waals surface area contributed by atoms with Crippen LogP contribution in [0, 0.1) is 17.8 Å². The summed E-state index contributed by atoms with van der Waals surface area (Å²) >= 11 is 0. The highest BCUT2D eigenvalue weighted by Crippen LogP contribution is 2.43. The first-order chi connectivity index (χ1) is 29.9. The summed E-state index contributed by atoms with van der Waals surface area (Å²) in [4.78, 5) is 16.6. The van der Waals surface area contributed by atoms with Gasteiger partial charge in [0.25, 0.3) is 0 Å². The standard InChI is InChI=1S/C48H85N3O13/c1-16-22-50-27-48(56)33(8)60-38(25-46(48,10)58-15)63-39-30(5)42(64-44-40(36(49-12)23-29(4)59-44)61-35-20-18-34(57-14)19-21-35)45(9,54)24-28(3)26-51(13)32(7)41(52)47(11,55)37(17-2)62-43(53)31(39)6/h18-21,28-33,36-42,44,49-50,52,54-56H,16-17,22-27H2,1-15H3/t28-,29-,30+,31-,32-,33+,36+,37-,38+,39+,40-,41-,42-,44+,45-,46-,47-,48+/m1/s1. The van der Waals surface area contributed by atoms with Crippen LogP contribution in [-0.4, -0.2) is 169 Å². The van der Waals surface area contributed by atoms with E-state index in [-0.39, 0.29) is 43.9 Å². The predicted octanol–water partition coefficient (Wildman–Crippen LogP) is 4.02. The Kier molecular flexibility index (Phi) is 19.3.